The number of amides is 2. The number of piperidine rings is 1. The van der Waals surface area contributed by atoms with E-state index >= 15 is 0 Å². The van der Waals surface area contributed by atoms with Gasteiger partial charge < -0.3 is 20.3 Å². The van der Waals surface area contributed by atoms with Gasteiger partial charge in [-0.15, -0.1) is 0 Å². The van der Waals surface area contributed by atoms with Crippen LogP contribution in [0.3, 0.4) is 0 Å². The Morgan fingerprint density at radius 3 is 2.28 bits per heavy atom. The quantitative estimate of drug-likeness (QED) is 0.766. The molecule has 0 radical (unpaired) electrons. The number of nitrogens with zero attached hydrogens (tertiary/aromatic N) is 1. The van der Waals surface area contributed by atoms with Crippen molar-refractivity contribution in [3.05, 3.63) is 29.8 Å². The lowest BCUT2D eigenvalue weighted by Gasteiger charge is -2.34. The third-order valence-corrected chi connectivity index (χ3v) is 4.75. The number of carbonyl (C=O) groups excluding carboxylic acids is 2. The lowest BCUT2D eigenvalue weighted by molar-refractivity contribution is -0.139. The molecule has 1 fully saturated rings. The number of nitrogens with one attached hydrogen (secondary N) is 2. The highest BCUT2D eigenvalue weighted by Crippen LogP contribution is 2.18. The van der Waals surface area contributed by atoms with Gasteiger partial charge in [-0.2, -0.15) is 0 Å². The fourth-order valence-electron chi connectivity index (χ4n) is 3.00. The summed E-state index contributed by atoms with van der Waals surface area (Å²) in [7, 11) is 1.60. The Balaban J connectivity index is 1.67. The van der Waals surface area contributed by atoms with Gasteiger partial charge in [0.05, 0.1) is 7.11 Å². The highest BCUT2D eigenvalue weighted by molar-refractivity contribution is 6.35. The molecule has 25 heavy (non-hydrogen) atoms. The van der Waals surface area contributed by atoms with E-state index in [-0.39, 0.29) is 0 Å². The number of likely N-dealkylation sites (tertiary alicyclic amines) is 1. The van der Waals surface area contributed by atoms with Gasteiger partial charge in [0, 0.05) is 19.1 Å². The molecule has 6 heteroatoms. The molecule has 1 saturated heterocycles. The van der Waals surface area contributed by atoms with Crippen molar-refractivity contribution in [2.45, 2.75) is 39.3 Å². The van der Waals surface area contributed by atoms with E-state index in [1.165, 1.54) is 0 Å². The molecule has 1 heterocycles. The van der Waals surface area contributed by atoms with Crippen molar-refractivity contribution in [2.24, 2.45) is 5.92 Å². The monoisotopic (exact) mass is 347 g/mol. The highest BCUT2D eigenvalue weighted by atomic mass is 16.5. The number of hydrogen-bond acceptors (Lipinski definition) is 4. The van der Waals surface area contributed by atoms with Crippen LogP contribution in [-0.2, 0) is 16.1 Å². The van der Waals surface area contributed by atoms with E-state index in [0.29, 0.717) is 25.0 Å². The average molecular weight is 347 g/mol. The maximum atomic E-state index is 11.9. The molecule has 1 aromatic carbocycles. The van der Waals surface area contributed by atoms with Crippen LogP contribution in [0.2, 0.25) is 0 Å². The number of methoxy groups -OCH3 is 1. The Morgan fingerprint density at radius 2 is 1.72 bits per heavy atom. The topological polar surface area (TPSA) is 70.7 Å². The third-order valence-electron chi connectivity index (χ3n) is 4.75. The van der Waals surface area contributed by atoms with Crippen molar-refractivity contribution in [3.63, 3.8) is 0 Å². The van der Waals surface area contributed by atoms with Crippen LogP contribution < -0.4 is 15.4 Å². The van der Waals surface area contributed by atoms with Gasteiger partial charge in [-0.3, -0.25) is 9.59 Å². The highest BCUT2D eigenvalue weighted by Gasteiger charge is 2.22. The van der Waals surface area contributed by atoms with Crippen LogP contribution in [0.4, 0.5) is 0 Å². The first-order valence-corrected chi connectivity index (χ1v) is 8.92. The average Bonchev–Trinajstić information content (AvgIpc) is 2.64. The second-order valence-electron chi connectivity index (χ2n) is 6.81. The molecular formula is C19H29N3O3. The van der Waals surface area contributed by atoms with Gasteiger partial charge in [-0.1, -0.05) is 12.1 Å². The molecule has 0 aliphatic carbocycles. The number of carbonyl (C=O) groups is 2. The van der Waals surface area contributed by atoms with Crippen LogP contribution >= 0.6 is 0 Å². The van der Waals surface area contributed by atoms with Crippen molar-refractivity contribution in [1.29, 1.82) is 0 Å². The van der Waals surface area contributed by atoms with Gasteiger partial charge in [-0.25, -0.2) is 0 Å². The summed E-state index contributed by atoms with van der Waals surface area (Å²) < 4.78 is 5.09. The summed E-state index contributed by atoms with van der Waals surface area (Å²) in [4.78, 5) is 26.3. The SMILES string of the molecule is COc1ccc(CNC(=O)C(=O)NCC2CCN(C(C)C)CC2)cc1. The summed E-state index contributed by atoms with van der Waals surface area (Å²) >= 11 is 0. The summed E-state index contributed by atoms with van der Waals surface area (Å²) in [5.41, 5.74) is 0.919. The normalized spacial score (nSPS) is 15.8. The molecule has 6 nitrogen and oxygen atoms in total. The van der Waals surface area contributed by atoms with Gasteiger partial charge in [0.25, 0.3) is 0 Å². The van der Waals surface area contributed by atoms with E-state index in [1.54, 1.807) is 7.11 Å². The molecule has 0 aromatic heterocycles. The molecule has 0 saturated carbocycles. The molecule has 1 aliphatic heterocycles. The molecular weight excluding hydrogens is 318 g/mol. The van der Waals surface area contributed by atoms with Crippen LogP contribution in [0.15, 0.2) is 24.3 Å². The van der Waals surface area contributed by atoms with Crippen LogP contribution in [0.25, 0.3) is 0 Å². The molecule has 0 spiro atoms. The van der Waals surface area contributed by atoms with E-state index in [2.05, 4.69) is 29.4 Å². The maximum Gasteiger partial charge on any atom is 0.309 e. The van der Waals surface area contributed by atoms with Gasteiger partial charge in [-0.05, 0) is 63.4 Å². The lowest BCUT2D eigenvalue weighted by Crippen LogP contribution is -2.44. The molecule has 138 valence electrons. The van der Waals surface area contributed by atoms with Crippen LogP contribution in [-0.4, -0.2) is 49.5 Å². The summed E-state index contributed by atoms with van der Waals surface area (Å²) in [6.07, 6.45) is 2.12. The second-order valence-corrected chi connectivity index (χ2v) is 6.81. The minimum absolute atomic E-state index is 0.322. The summed E-state index contributed by atoms with van der Waals surface area (Å²) in [6.45, 7) is 7.41. The van der Waals surface area contributed by atoms with Gasteiger partial charge >= 0.3 is 11.8 Å². The number of benzene rings is 1. The maximum absolute atomic E-state index is 11.9. The second kappa shape index (κ2) is 9.42. The van der Waals surface area contributed by atoms with E-state index < -0.39 is 11.8 Å². The summed E-state index contributed by atoms with van der Waals surface area (Å²) in [6, 6.07) is 7.94. The first-order chi connectivity index (χ1) is 12.0. The van der Waals surface area contributed by atoms with E-state index in [1.807, 2.05) is 24.3 Å². The zero-order valence-corrected chi connectivity index (χ0v) is 15.4. The van der Waals surface area contributed by atoms with Crippen molar-refractivity contribution in [2.75, 3.05) is 26.7 Å². The molecule has 2 rings (SSSR count). The Kier molecular flexibility index (Phi) is 7.25. The van der Waals surface area contributed by atoms with Gasteiger partial charge in [0.1, 0.15) is 5.75 Å². The molecule has 0 unspecified atom stereocenters. The molecule has 0 bridgehead atoms. The molecule has 2 amide bonds. The van der Waals surface area contributed by atoms with Crippen molar-refractivity contribution in [3.8, 4) is 5.75 Å². The number of rotatable bonds is 6. The van der Waals surface area contributed by atoms with Crippen LogP contribution in [0, 0.1) is 5.92 Å². The van der Waals surface area contributed by atoms with E-state index in [9.17, 15) is 9.59 Å². The van der Waals surface area contributed by atoms with E-state index in [0.717, 1.165) is 37.2 Å². The zero-order chi connectivity index (χ0) is 18.2. The molecule has 1 aromatic rings. The minimum Gasteiger partial charge on any atom is -0.497 e. The molecule has 0 atom stereocenters. The smallest absolute Gasteiger partial charge is 0.309 e. The van der Waals surface area contributed by atoms with Crippen molar-refractivity contribution in [1.82, 2.24) is 15.5 Å². The largest absolute Gasteiger partial charge is 0.497 e. The fraction of sp³-hybridized carbons (Fsp3) is 0.579. The predicted octanol–water partition coefficient (Wildman–Crippen LogP) is 1.55. The Labute approximate surface area is 149 Å². The summed E-state index contributed by atoms with van der Waals surface area (Å²) in [5, 5.41) is 5.41. The fourth-order valence-corrected chi connectivity index (χ4v) is 3.00. The van der Waals surface area contributed by atoms with Crippen molar-refractivity contribution >= 4 is 11.8 Å². The van der Waals surface area contributed by atoms with Crippen LogP contribution in [0.5, 0.6) is 5.75 Å². The van der Waals surface area contributed by atoms with E-state index in [4.69, 9.17) is 4.74 Å². The number of hydrogen-bond donors (Lipinski definition) is 2. The van der Waals surface area contributed by atoms with Gasteiger partial charge in [0.2, 0.25) is 0 Å². The third kappa shape index (κ3) is 6.05. The Morgan fingerprint density at radius 1 is 1.12 bits per heavy atom. The Bertz CT molecular complexity index is 564. The minimum atomic E-state index is -0.588. The molecule has 1 aliphatic rings. The lowest BCUT2D eigenvalue weighted by atomic mass is 9.96. The number of ether oxygens (including phenoxy) is 1. The summed E-state index contributed by atoms with van der Waals surface area (Å²) in [5.74, 6) is 0.0694. The first-order valence-electron chi connectivity index (χ1n) is 8.92. The Hall–Kier alpha value is -2.08. The predicted molar refractivity (Wildman–Crippen MR) is 97.3 cm³/mol. The first kappa shape index (κ1) is 19.2. The zero-order valence-electron chi connectivity index (χ0n) is 15.4. The van der Waals surface area contributed by atoms with Gasteiger partial charge in [0.15, 0.2) is 0 Å². The van der Waals surface area contributed by atoms with Crippen molar-refractivity contribution < 1.29 is 14.3 Å². The van der Waals surface area contributed by atoms with Crippen LogP contribution in [0.1, 0.15) is 32.3 Å². The standard InChI is InChI=1S/C19H29N3O3/c1-14(2)22-10-8-16(9-11-22)13-21-19(24)18(23)20-12-15-4-6-17(25-3)7-5-15/h4-7,14,16H,8-13H2,1-3H3,(H,20,23)(H,21,24). The molecule has 2 N–H and O–H groups in total.